The third-order valence-electron chi connectivity index (χ3n) is 13.2. The highest BCUT2D eigenvalue weighted by molar-refractivity contribution is 5.87. The summed E-state index contributed by atoms with van der Waals surface area (Å²) in [5.41, 5.74) is 4.63. The Morgan fingerprint density at radius 1 is 0.493 bits per heavy atom. The zero-order valence-electron chi connectivity index (χ0n) is 44.6. The minimum Gasteiger partial charge on any atom is -0.490 e. The smallest absolute Gasteiger partial charge is 0.407 e. The van der Waals surface area contributed by atoms with Crippen LogP contribution in [-0.2, 0) is 50.2 Å². The van der Waals surface area contributed by atoms with E-state index in [2.05, 4.69) is 119 Å². The summed E-state index contributed by atoms with van der Waals surface area (Å²) in [6.07, 6.45) is 5.67. The molecule has 2 aliphatic carbocycles. The maximum atomic E-state index is 13.3. The first kappa shape index (κ1) is 56.6. The third-order valence-corrected chi connectivity index (χ3v) is 13.2. The van der Waals surface area contributed by atoms with E-state index >= 15 is 0 Å². The van der Waals surface area contributed by atoms with E-state index in [1.54, 1.807) is 13.8 Å². The molecule has 0 aliphatic heterocycles. The number of carbonyl (C=O) groups excluding carboxylic acids is 4. The van der Waals surface area contributed by atoms with Gasteiger partial charge in [-0.3, -0.25) is 0 Å². The number of ether oxygens (including phenoxy) is 6. The Labute approximate surface area is 414 Å². The molecule has 0 bridgehead atoms. The van der Waals surface area contributed by atoms with E-state index in [4.69, 9.17) is 28.4 Å². The van der Waals surface area contributed by atoms with E-state index in [1.807, 2.05) is 24.3 Å². The van der Waals surface area contributed by atoms with E-state index in [-0.39, 0.29) is 71.3 Å². The largest absolute Gasteiger partial charge is 0.490 e. The lowest BCUT2D eigenvalue weighted by atomic mass is 9.76. The molecule has 0 saturated heterocycles. The number of esters is 2. The molecule has 2 aromatic rings. The lowest BCUT2D eigenvalue weighted by Gasteiger charge is -2.34. The van der Waals surface area contributed by atoms with Gasteiger partial charge in [-0.25, -0.2) is 19.2 Å². The molecule has 0 spiro atoms. The molecule has 2 N–H and O–H groups in total. The lowest BCUT2D eigenvalue weighted by molar-refractivity contribution is -0.143. The van der Waals surface area contributed by atoms with Crippen molar-refractivity contribution in [3.05, 3.63) is 83.0 Å². The molecule has 2 amide bonds. The molecule has 69 heavy (non-hydrogen) atoms. The fraction of sp³-hybridized carbons (Fsp3) is 0.649. The highest BCUT2D eigenvalue weighted by Gasteiger charge is 2.31. The highest BCUT2D eigenvalue weighted by atomic mass is 16.6. The van der Waals surface area contributed by atoms with Gasteiger partial charge in [0.1, 0.15) is 37.9 Å². The fourth-order valence-electron chi connectivity index (χ4n) is 8.55. The number of hydrogen-bond donors (Lipinski definition) is 2. The summed E-state index contributed by atoms with van der Waals surface area (Å²) < 4.78 is 35.0. The van der Waals surface area contributed by atoms with Gasteiger partial charge in [0.2, 0.25) is 0 Å². The van der Waals surface area contributed by atoms with Gasteiger partial charge in [-0.05, 0) is 152 Å². The van der Waals surface area contributed by atoms with Gasteiger partial charge >= 0.3 is 24.1 Å². The number of rotatable bonds is 18. The third kappa shape index (κ3) is 19.0. The van der Waals surface area contributed by atoms with Gasteiger partial charge < -0.3 is 39.1 Å². The first-order chi connectivity index (χ1) is 32.0. The second-order valence-corrected chi connectivity index (χ2v) is 23.9. The van der Waals surface area contributed by atoms with Crippen LogP contribution in [0.4, 0.5) is 9.59 Å². The highest BCUT2D eigenvalue weighted by Crippen LogP contribution is 2.37. The molecule has 4 rings (SSSR count). The molecule has 0 aromatic heterocycles. The molecule has 2 saturated carbocycles. The number of alkyl carbamates (subject to hydrolysis) is 2. The van der Waals surface area contributed by atoms with E-state index in [0.29, 0.717) is 23.3 Å². The number of hydrogen-bond acceptors (Lipinski definition) is 10. The van der Waals surface area contributed by atoms with E-state index < -0.39 is 36.3 Å². The van der Waals surface area contributed by atoms with Gasteiger partial charge in [0.05, 0.1) is 0 Å². The minimum atomic E-state index is -0.835. The zero-order chi connectivity index (χ0) is 51.5. The van der Waals surface area contributed by atoms with Crippen LogP contribution in [0.5, 0.6) is 11.5 Å². The SMILES string of the molecule is C=C(C)C(=O)OCC(COc1cc(C(C)(C)C)cc(C(C)(C)C)c1)OC(=O)NC1CCC(CC2CCC(NC(=O)OC(COC(=O)C(=C)C)COc3cc(C(C)(C)C)cc(C(C)(C)C)c3)CC2)CC1. The van der Waals surface area contributed by atoms with E-state index in [0.717, 1.165) is 80.0 Å². The summed E-state index contributed by atoms with van der Waals surface area (Å²) in [6.45, 7) is 36.1. The average Bonchev–Trinajstić information content (AvgIpc) is 3.25. The fourth-order valence-corrected chi connectivity index (χ4v) is 8.55. The minimum absolute atomic E-state index is 0.00820. The van der Waals surface area contributed by atoms with Crippen molar-refractivity contribution < 1.29 is 47.6 Å². The predicted octanol–water partition coefficient (Wildman–Crippen LogP) is 12.3. The summed E-state index contributed by atoms with van der Waals surface area (Å²) in [5, 5.41) is 6.13. The Hall–Kier alpha value is -5.00. The molecule has 12 nitrogen and oxygen atoms in total. The topological polar surface area (TPSA) is 148 Å². The van der Waals surface area contributed by atoms with Crippen LogP contribution in [-0.4, -0.2) is 74.8 Å². The van der Waals surface area contributed by atoms with E-state index in [9.17, 15) is 19.2 Å². The Kier molecular flexibility index (Phi) is 19.9. The van der Waals surface area contributed by atoms with Crippen LogP contribution in [0.2, 0.25) is 0 Å². The Morgan fingerprint density at radius 2 is 0.783 bits per heavy atom. The second-order valence-electron chi connectivity index (χ2n) is 23.9. The summed E-state index contributed by atoms with van der Waals surface area (Å²) in [7, 11) is 0. The van der Waals surface area contributed by atoms with Crippen molar-refractivity contribution in [2.75, 3.05) is 26.4 Å². The first-order valence-electron chi connectivity index (χ1n) is 25.1. The monoisotopic (exact) mass is 959 g/mol. The molecular weight excluding hydrogens is 873 g/mol. The Balaban J connectivity index is 1.25. The molecule has 2 fully saturated rings. The molecule has 2 unspecified atom stereocenters. The van der Waals surface area contributed by atoms with Crippen molar-refractivity contribution >= 4 is 24.1 Å². The molecule has 12 heteroatoms. The molecule has 384 valence electrons. The Morgan fingerprint density at radius 3 is 1.04 bits per heavy atom. The summed E-state index contributed by atoms with van der Waals surface area (Å²) in [5.74, 6) is 1.31. The summed E-state index contributed by atoms with van der Waals surface area (Å²) >= 11 is 0. The molecule has 2 aliphatic rings. The van der Waals surface area contributed by atoms with Crippen LogP contribution in [0.1, 0.15) is 177 Å². The van der Waals surface area contributed by atoms with Crippen molar-refractivity contribution in [2.45, 2.75) is 201 Å². The van der Waals surface area contributed by atoms with Crippen LogP contribution in [0, 0.1) is 11.8 Å². The number of nitrogens with one attached hydrogen (secondary N) is 2. The molecular formula is C57H86N2O10. The van der Waals surface area contributed by atoms with Crippen LogP contribution in [0.3, 0.4) is 0 Å². The summed E-state index contributed by atoms with van der Waals surface area (Å²) in [4.78, 5) is 51.2. The standard InChI is InChI=1S/C57H86N2O10/c1-36(2)50(60)66-34-48(32-64-46-28-40(54(5,6)7)26-41(29-46)55(8,9)10)68-52(62)58-44-21-17-38(18-22-44)25-39-19-23-45(24-20-39)59-53(63)69-49(35-67-51(61)37(3)4)33-65-47-30-42(56(11,12)13)27-43(31-47)57(14,15)16/h26-31,38-39,44-45,48-49H,1,3,17-25,32-35H2,2,4-16H3,(H,58,62)(H,59,63). The molecule has 2 atom stereocenters. The van der Waals surface area contributed by atoms with Crippen molar-refractivity contribution in [3.63, 3.8) is 0 Å². The van der Waals surface area contributed by atoms with Crippen molar-refractivity contribution in [2.24, 2.45) is 11.8 Å². The van der Waals surface area contributed by atoms with Crippen molar-refractivity contribution in [3.8, 4) is 11.5 Å². The van der Waals surface area contributed by atoms with Gasteiger partial charge in [-0.15, -0.1) is 0 Å². The molecule has 0 heterocycles. The average molecular weight is 959 g/mol. The van der Waals surface area contributed by atoms with Gasteiger partial charge in [0, 0.05) is 23.2 Å². The number of amides is 2. The predicted molar refractivity (Wildman–Crippen MR) is 273 cm³/mol. The van der Waals surface area contributed by atoms with Crippen LogP contribution >= 0.6 is 0 Å². The maximum absolute atomic E-state index is 13.3. The van der Waals surface area contributed by atoms with Gasteiger partial charge in [-0.2, -0.15) is 0 Å². The first-order valence-corrected chi connectivity index (χ1v) is 25.1. The quantitative estimate of drug-likeness (QED) is 0.0840. The van der Waals surface area contributed by atoms with E-state index in [1.165, 1.54) is 0 Å². The molecule has 2 aromatic carbocycles. The van der Waals surface area contributed by atoms with Crippen LogP contribution < -0.4 is 20.1 Å². The summed E-state index contributed by atoms with van der Waals surface area (Å²) in [6, 6.07) is 12.4. The van der Waals surface area contributed by atoms with Crippen LogP contribution in [0.15, 0.2) is 60.7 Å². The van der Waals surface area contributed by atoms with Gasteiger partial charge in [-0.1, -0.05) is 108 Å². The van der Waals surface area contributed by atoms with Gasteiger partial charge in [0.25, 0.3) is 0 Å². The molecule has 0 radical (unpaired) electrons. The second kappa shape index (κ2) is 24.2. The lowest BCUT2D eigenvalue weighted by Crippen LogP contribution is -2.42. The van der Waals surface area contributed by atoms with Crippen molar-refractivity contribution in [1.82, 2.24) is 10.6 Å². The maximum Gasteiger partial charge on any atom is 0.407 e. The van der Waals surface area contributed by atoms with Crippen molar-refractivity contribution in [1.29, 1.82) is 0 Å². The van der Waals surface area contributed by atoms with Gasteiger partial charge in [0.15, 0.2) is 12.2 Å². The Bertz CT molecular complexity index is 1870. The number of carbonyl (C=O) groups is 4. The normalized spacial score (nSPS) is 19.8. The number of benzene rings is 2. The van der Waals surface area contributed by atoms with Crippen LogP contribution in [0.25, 0.3) is 0 Å². The zero-order valence-corrected chi connectivity index (χ0v) is 44.6.